The Bertz CT molecular complexity index is 475. The molecule has 0 bridgehead atoms. The molecular formula is C14H26N2O4S. The van der Waals surface area contributed by atoms with E-state index < -0.39 is 15.9 Å². The minimum Gasteiger partial charge on any atom is -0.359 e. The monoisotopic (exact) mass is 318 g/mol. The van der Waals surface area contributed by atoms with E-state index >= 15 is 0 Å². The summed E-state index contributed by atoms with van der Waals surface area (Å²) >= 11 is 0. The molecule has 1 N–H and O–H groups in total. The fourth-order valence-electron chi connectivity index (χ4n) is 2.58. The van der Waals surface area contributed by atoms with E-state index in [0.29, 0.717) is 0 Å². The van der Waals surface area contributed by atoms with Gasteiger partial charge < -0.3 is 10.2 Å². The summed E-state index contributed by atoms with van der Waals surface area (Å²) in [6.45, 7) is 4.14. The largest absolute Gasteiger partial charge is 0.359 e. The van der Waals surface area contributed by atoms with Crippen LogP contribution in [0.5, 0.6) is 0 Å². The number of nitrogens with zero attached hydrogens (tertiary/aromatic N) is 1. The number of nitrogens with one attached hydrogen (secondary N) is 1. The van der Waals surface area contributed by atoms with Crippen LogP contribution in [-0.4, -0.2) is 56.3 Å². The summed E-state index contributed by atoms with van der Waals surface area (Å²) < 4.78 is 23.5. The van der Waals surface area contributed by atoms with Gasteiger partial charge in [0.1, 0.15) is 0 Å². The summed E-state index contributed by atoms with van der Waals surface area (Å²) in [5, 5.41) is 2.49. The zero-order valence-corrected chi connectivity index (χ0v) is 13.9. The summed E-state index contributed by atoms with van der Waals surface area (Å²) in [6.07, 6.45) is 2.83. The Balaban J connectivity index is 2.80. The van der Waals surface area contributed by atoms with Crippen LogP contribution in [0.1, 0.15) is 39.5 Å². The van der Waals surface area contributed by atoms with E-state index in [9.17, 15) is 18.0 Å². The van der Waals surface area contributed by atoms with Crippen LogP contribution < -0.4 is 5.32 Å². The molecule has 7 heteroatoms. The highest BCUT2D eigenvalue weighted by atomic mass is 32.2. The van der Waals surface area contributed by atoms with Crippen molar-refractivity contribution in [3.8, 4) is 0 Å². The molecule has 0 spiro atoms. The fraction of sp³-hybridized carbons (Fsp3) is 0.857. The van der Waals surface area contributed by atoms with E-state index in [2.05, 4.69) is 12.2 Å². The van der Waals surface area contributed by atoms with E-state index in [1.165, 1.54) is 7.05 Å². The van der Waals surface area contributed by atoms with Crippen molar-refractivity contribution in [2.75, 3.05) is 25.1 Å². The molecule has 2 amide bonds. The highest BCUT2D eigenvalue weighted by molar-refractivity contribution is 7.91. The molecule has 6 nitrogen and oxygen atoms in total. The Labute approximate surface area is 127 Å². The van der Waals surface area contributed by atoms with Crippen molar-refractivity contribution in [3.05, 3.63) is 0 Å². The second-order valence-electron chi connectivity index (χ2n) is 5.72. The predicted molar refractivity (Wildman–Crippen MR) is 81.5 cm³/mol. The van der Waals surface area contributed by atoms with Crippen LogP contribution in [0.25, 0.3) is 0 Å². The molecule has 0 aliphatic carbocycles. The van der Waals surface area contributed by atoms with Gasteiger partial charge in [0.15, 0.2) is 9.84 Å². The van der Waals surface area contributed by atoms with Crippen LogP contribution in [0.4, 0.5) is 0 Å². The third-order valence-corrected chi connectivity index (χ3v) is 5.62. The van der Waals surface area contributed by atoms with Gasteiger partial charge in [-0.25, -0.2) is 8.42 Å². The summed E-state index contributed by atoms with van der Waals surface area (Å²) in [6, 6.07) is -0.541. The van der Waals surface area contributed by atoms with Gasteiger partial charge in [-0.2, -0.15) is 0 Å². The molecule has 2 unspecified atom stereocenters. The zero-order valence-electron chi connectivity index (χ0n) is 13.1. The third kappa shape index (κ3) is 5.30. The number of carbonyl (C=O) groups is 2. The average molecular weight is 318 g/mol. The van der Waals surface area contributed by atoms with Gasteiger partial charge >= 0.3 is 0 Å². The molecule has 122 valence electrons. The first-order chi connectivity index (χ1) is 9.80. The van der Waals surface area contributed by atoms with E-state index in [-0.39, 0.29) is 42.2 Å². The van der Waals surface area contributed by atoms with E-state index in [1.54, 1.807) is 4.90 Å². The first kappa shape index (κ1) is 17.9. The smallest absolute Gasteiger partial charge is 0.225 e. The van der Waals surface area contributed by atoms with Crippen LogP contribution in [0.2, 0.25) is 0 Å². The Morgan fingerprint density at radius 3 is 2.62 bits per heavy atom. The normalized spacial score (nSPS) is 22.6. The Morgan fingerprint density at radius 2 is 2.05 bits per heavy atom. The van der Waals surface area contributed by atoms with E-state index in [4.69, 9.17) is 0 Å². The van der Waals surface area contributed by atoms with Crippen molar-refractivity contribution in [3.63, 3.8) is 0 Å². The molecule has 0 aromatic rings. The minimum atomic E-state index is -3.17. The Hall–Kier alpha value is -1.11. The van der Waals surface area contributed by atoms with Crippen molar-refractivity contribution in [2.24, 2.45) is 5.92 Å². The number of sulfone groups is 1. The van der Waals surface area contributed by atoms with Crippen molar-refractivity contribution >= 4 is 21.7 Å². The summed E-state index contributed by atoms with van der Waals surface area (Å²) in [4.78, 5) is 25.6. The van der Waals surface area contributed by atoms with Gasteiger partial charge in [-0.05, 0) is 6.42 Å². The van der Waals surface area contributed by atoms with E-state index in [0.717, 1.165) is 19.3 Å². The second kappa shape index (κ2) is 7.77. The van der Waals surface area contributed by atoms with E-state index in [1.807, 2.05) is 6.92 Å². The lowest BCUT2D eigenvalue weighted by Crippen LogP contribution is -2.53. The average Bonchev–Trinajstić information content (AvgIpc) is 2.43. The maximum absolute atomic E-state index is 12.5. The molecule has 1 aliphatic heterocycles. The topological polar surface area (TPSA) is 83.6 Å². The van der Waals surface area contributed by atoms with Crippen molar-refractivity contribution in [1.82, 2.24) is 10.2 Å². The molecule has 1 fully saturated rings. The number of carbonyl (C=O) groups excluding carboxylic acids is 2. The Morgan fingerprint density at radius 1 is 1.38 bits per heavy atom. The van der Waals surface area contributed by atoms with Gasteiger partial charge in [0.2, 0.25) is 11.8 Å². The van der Waals surface area contributed by atoms with Crippen molar-refractivity contribution < 1.29 is 18.0 Å². The molecule has 1 rings (SSSR count). The van der Waals surface area contributed by atoms with Gasteiger partial charge in [0.05, 0.1) is 17.5 Å². The molecule has 1 saturated heterocycles. The quantitative estimate of drug-likeness (QED) is 0.776. The first-order valence-corrected chi connectivity index (χ1v) is 9.34. The molecule has 1 heterocycles. The lowest BCUT2D eigenvalue weighted by molar-refractivity contribution is -0.138. The third-order valence-electron chi connectivity index (χ3n) is 3.93. The molecule has 0 radical (unpaired) electrons. The van der Waals surface area contributed by atoms with Crippen LogP contribution in [0.3, 0.4) is 0 Å². The van der Waals surface area contributed by atoms with Crippen molar-refractivity contribution in [2.45, 2.75) is 45.6 Å². The lowest BCUT2D eigenvalue weighted by atomic mass is 10.0. The number of unbranched alkanes of at least 4 members (excludes halogenated alkanes) is 1. The molecule has 2 atom stereocenters. The molecule has 0 saturated carbocycles. The SMILES string of the molecule is CCCCC(C)C(=O)N1CCS(=O)(=O)CC1CC(=O)NC. The van der Waals surface area contributed by atoms with Gasteiger partial charge in [0.25, 0.3) is 0 Å². The summed E-state index contributed by atoms with van der Waals surface area (Å²) in [7, 11) is -1.66. The van der Waals surface area contributed by atoms with Gasteiger partial charge in [-0.1, -0.05) is 26.7 Å². The predicted octanol–water partition coefficient (Wildman–Crippen LogP) is 0.574. The maximum atomic E-state index is 12.5. The lowest BCUT2D eigenvalue weighted by Gasteiger charge is -2.36. The van der Waals surface area contributed by atoms with Crippen LogP contribution in [0.15, 0.2) is 0 Å². The molecule has 21 heavy (non-hydrogen) atoms. The van der Waals surface area contributed by atoms with Crippen molar-refractivity contribution in [1.29, 1.82) is 0 Å². The van der Waals surface area contributed by atoms with Gasteiger partial charge in [-0.15, -0.1) is 0 Å². The standard InChI is InChI=1S/C14H26N2O4S/c1-4-5-6-11(2)14(18)16-7-8-21(19,20)10-12(16)9-13(17)15-3/h11-12H,4-10H2,1-3H3,(H,15,17). The first-order valence-electron chi connectivity index (χ1n) is 7.52. The second-order valence-corrected chi connectivity index (χ2v) is 7.95. The summed E-state index contributed by atoms with van der Waals surface area (Å²) in [5.74, 6) is -0.530. The maximum Gasteiger partial charge on any atom is 0.225 e. The number of rotatable bonds is 6. The van der Waals surface area contributed by atoms with Crippen LogP contribution in [0, 0.1) is 5.92 Å². The molecule has 0 aromatic carbocycles. The van der Waals surface area contributed by atoms with Crippen LogP contribution >= 0.6 is 0 Å². The number of amides is 2. The molecule has 1 aliphatic rings. The summed E-state index contributed by atoms with van der Waals surface area (Å²) in [5.41, 5.74) is 0. The Kier molecular flexibility index (Phi) is 6.64. The molecular weight excluding hydrogens is 292 g/mol. The highest BCUT2D eigenvalue weighted by Gasteiger charge is 2.36. The van der Waals surface area contributed by atoms with Gasteiger partial charge in [0, 0.05) is 25.9 Å². The fourth-order valence-corrected chi connectivity index (χ4v) is 4.10. The van der Waals surface area contributed by atoms with Crippen LogP contribution in [-0.2, 0) is 19.4 Å². The number of hydrogen-bond acceptors (Lipinski definition) is 4. The van der Waals surface area contributed by atoms with Gasteiger partial charge in [-0.3, -0.25) is 9.59 Å². The highest BCUT2D eigenvalue weighted by Crippen LogP contribution is 2.20. The minimum absolute atomic E-state index is 0.0104. The zero-order chi connectivity index (χ0) is 16.0. The molecule has 0 aromatic heterocycles. The number of hydrogen-bond donors (Lipinski definition) is 1.